The van der Waals surface area contributed by atoms with Crippen molar-refractivity contribution >= 4 is 10.9 Å². The average Bonchev–Trinajstić information content (AvgIpc) is 2.79. The van der Waals surface area contributed by atoms with Crippen molar-refractivity contribution in [1.29, 1.82) is 0 Å². The van der Waals surface area contributed by atoms with Crippen LogP contribution < -0.4 is 0 Å². The number of hydrogen-bond acceptors (Lipinski definition) is 0. The fourth-order valence-electron chi connectivity index (χ4n) is 2.63. The predicted octanol–water partition coefficient (Wildman–Crippen LogP) is 5.14. The summed E-state index contributed by atoms with van der Waals surface area (Å²) in [7, 11) is 2.09. The molecule has 20 heavy (non-hydrogen) atoms. The fraction of sp³-hybridized carbons (Fsp3) is 0.263. The molecule has 0 radical (unpaired) electrons. The molecule has 0 aliphatic rings. The van der Waals surface area contributed by atoms with Crippen LogP contribution in [0.25, 0.3) is 22.0 Å². The average molecular weight is 263 g/mol. The summed E-state index contributed by atoms with van der Waals surface area (Å²) in [5.41, 5.74) is 5.43. The van der Waals surface area contributed by atoms with Gasteiger partial charge in [0.2, 0.25) is 0 Å². The van der Waals surface area contributed by atoms with Gasteiger partial charge in [-0.2, -0.15) is 0 Å². The first-order chi connectivity index (χ1) is 9.45. The van der Waals surface area contributed by atoms with Crippen LogP contribution in [0.4, 0.5) is 0 Å². The van der Waals surface area contributed by atoms with Gasteiger partial charge in [-0.05, 0) is 40.3 Å². The maximum Gasteiger partial charge on any atom is 0.0478 e. The molecule has 0 bridgehead atoms. The van der Waals surface area contributed by atoms with Gasteiger partial charge in [0.25, 0.3) is 0 Å². The molecule has 3 aromatic rings. The second-order valence-corrected chi connectivity index (χ2v) is 6.53. The van der Waals surface area contributed by atoms with E-state index in [-0.39, 0.29) is 5.41 Å². The lowest BCUT2D eigenvalue weighted by molar-refractivity contribution is 0.590. The number of benzene rings is 2. The Morgan fingerprint density at radius 3 is 2.35 bits per heavy atom. The maximum absolute atomic E-state index is 2.31. The van der Waals surface area contributed by atoms with Gasteiger partial charge in [-0.25, -0.2) is 0 Å². The van der Waals surface area contributed by atoms with Crippen LogP contribution >= 0.6 is 0 Å². The van der Waals surface area contributed by atoms with Crippen LogP contribution in [0.5, 0.6) is 0 Å². The van der Waals surface area contributed by atoms with E-state index >= 15 is 0 Å². The molecule has 0 N–H and O–H groups in total. The highest BCUT2D eigenvalue weighted by atomic mass is 14.9. The molecule has 0 spiro atoms. The zero-order valence-corrected chi connectivity index (χ0v) is 12.6. The second-order valence-electron chi connectivity index (χ2n) is 6.53. The van der Waals surface area contributed by atoms with Crippen molar-refractivity contribution in [1.82, 2.24) is 4.57 Å². The van der Waals surface area contributed by atoms with Crippen LogP contribution in [0.2, 0.25) is 0 Å². The standard InChI is InChI=1S/C19H21N/c1-19(2,3)17-7-5-6-14(13-17)15-8-9-18-16(12-15)10-11-20(18)4/h5-13H,1-4H3. The van der Waals surface area contributed by atoms with Crippen LogP contribution in [-0.2, 0) is 12.5 Å². The molecule has 1 aromatic heterocycles. The lowest BCUT2D eigenvalue weighted by Gasteiger charge is -2.19. The topological polar surface area (TPSA) is 4.93 Å². The van der Waals surface area contributed by atoms with Crippen LogP contribution in [-0.4, -0.2) is 4.57 Å². The van der Waals surface area contributed by atoms with Gasteiger partial charge >= 0.3 is 0 Å². The third kappa shape index (κ3) is 2.24. The largest absolute Gasteiger partial charge is 0.351 e. The SMILES string of the molecule is Cn1ccc2cc(-c3cccc(C(C)(C)C)c3)ccc21. The van der Waals surface area contributed by atoms with Gasteiger partial charge < -0.3 is 4.57 Å². The summed E-state index contributed by atoms with van der Waals surface area (Å²) in [6.07, 6.45) is 2.11. The predicted molar refractivity (Wildman–Crippen MR) is 87.1 cm³/mol. The molecule has 1 heteroatoms. The molecule has 0 saturated heterocycles. The van der Waals surface area contributed by atoms with E-state index in [1.165, 1.54) is 27.6 Å². The van der Waals surface area contributed by atoms with Gasteiger partial charge in [-0.1, -0.05) is 51.1 Å². The quantitative estimate of drug-likeness (QED) is 0.572. The molecule has 3 rings (SSSR count). The Hall–Kier alpha value is -2.02. The van der Waals surface area contributed by atoms with Gasteiger partial charge in [0.1, 0.15) is 0 Å². The molecule has 0 aliphatic carbocycles. The fourth-order valence-corrected chi connectivity index (χ4v) is 2.63. The van der Waals surface area contributed by atoms with E-state index in [1.54, 1.807) is 0 Å². The molecule has 1 nitrogen and oxygen atoms in total. The van der Waals surface area contributed by atoms with Gasteiger partial charge in [0.05, 0.1) is 0 Å². The number of nitrogens with zero attached hydrogens (tertiary/aromatic N) is 1. The Kier molecular flexibility index (Phi) is 2.93. The van der Waals surface area contributed by atoms with E-state index in [0.29, 0.717) is 0 Å². The van der Waals surface area contributed by atoms with E-state index in [2.05, 4.69) is 87.1 Å². The Labute approximate surface area is 120 Å². The Bertz CT molecular complexity index is 757. The minimum absolute atomic E-state index is 0.187. The number of fused-ring (bicyclic) bond motifs is 1. The summed E-state index contributed by atoms with van der Waals surface area (Å²) in [5.74, 6) is 0. The smallest absolute Gasteiger partial charge is 0.0478 e. The van der Waals surface area contributed by atoms with Crippen LogP contribution in [0.3, 0.4) is 0 Å². The highest BCUT2D eigenvalue weighted by molar-refractivity contribution is 5.85. The normalized spacial score (nSPS) is 12.0. The lowest BCUT2D eigenvalue weighted by Crippen LogP contribution is -2.10. The van der Waals surface area contributed by atoms with Crippen LogP contribution in [0.15, 0.2) is 54.7 Å². The minimum Gasteiger partial charge on any atom is -0.351 e. The van der Waals surface area contributed by atoms with Crippen LogP contribution in [0.1, 0.15) is 26.3 Å². The Morgan fingerprint density at radius 2 is 1.60 bits per heavy atom. The number of aromatic nitrogens is 1. The summed E-state index contributed by atoms with van der Waals surface area (Å²) in [6, 6.07) is 17.7. The van der Waals surface area contributed by atoms with Crippen molar-refractivity contribution in [3.63, 3.8) is 0 Å². The summed E-state index contributed by atoms with van der Waals surface area (Å²) in [6.45, 7) is 6.77. The molecule has 0 unspecified atom stereocenters. The lowest BCUT2D eigenvalue weighted by atomic mass is 9.85. The van der Waals surface area contributed by atoms with Crippen molar-refractivity contribution in [3.8, 4) is 11.1 Å². The molecular formula is C19H21N. The van der Waals surface area contributed by atoms with Crippen molar-refractivity contribution in [3.05, 3.63) is 60.3 Å². The number of aryl methyl sites for hydroxylation is 1. The summed E-state index contributed by atoms with van der Waals surface area (Å²) < 4.78 is 2.16. The van der Waals surface area contributed by atoms with E-state index in [9.17, 15) is 0 Å². The molecule has 0 saturated carbocycles. The first-order valence-electron chi connectivity index (χ1n) is 7.11. The third-order valence-corrected chi connectivity index (χ3v) is 3.95. The van der Waals surface area contributed by atoms with Gasteiger partial charge in [-0.3, -0.25) is 0 Å². The summed E-state index contributed by atoms with van der Waals surface area (Å²) in [4.78, 5) is 0. The first-order valence-corrected chi connectivity index (χ1v) is 7.11. The van der Waals surface area contributed by atoms with Crippen molar-refractivity contribution in [2.45, 2.75) is 26.2 Å². The first kappa shape index (κ1) is 13.0. The second kappa shape index (κ2) is 4.52. The highest BCUT2D eigenvalue weighted by Crippen LogP contribution is 2.29. The molecule has 0 fully saturated rings. The molecule has 0 aliphatic heterocycles. The van der Waals surface area contributed by atoms with E-state index < -0.39 is 0 Å². The number of hydrogen-bond donors (Lipinski definition) is 0. The Morgan fingerprint density at radius 1 is 0.850 bits per heavy atom. The molecule has 1 heterocycles. The third-order valence-electron chi connectivity index (χ3n) is 3.95. The van der Waals surface area contributed by atoms with Gasteiger partial charge in [0.15, 0.2) is 0 Å². The molecular weight excluding hydrogens is 242 g/mol. The summed E-state index contributed by atoms with van der Waals surface area (Å²) >= 11 is 0. The Balaban J connectivity index is 2.11. The highest BCUT2D eigenvalue weighted by Gasteiger charge is 2.14. The zero-order valence-electron chi connectivity index (χ0n) is 12.6. The minimum atomic E-state index is 0.187. The molecule has 0 amide bonds. The van der Waals surface area contributed by atoms with Gasteiger partial charge in [0, 0.05) is 24.1 Å². The van der Waals surface area contributed by atoms with Crippen molar-refractivity contribution < 1.29 is 0 Å². The monoisotopic (exact) mass is 263 g/mol. The van der Waals surface area contributed by atoms with E-state index in [4.69, 9.17) is 0 Å². The summed E-state index contributed by atoms with van der Waals surface area (Å²) in [5, 5.41) is 1.30. The number of rotatable bonds is 1. The van der Waals surface area contributed by atoms with Crippen molar-refractivity contribution in [2.75, 3.05) is 0 Å². The van der Waals surface area contributed by atoms with E-state index in [1.807, 2.05) is 0 Å². The van der Waals surface area contributed by atoms with Gasteiger partial charge in [-0.15, -0.1) is 0 Å². The molecule has 0 atom stereocenters. The maximum atomic E-state index is 2.31. The zero-order chi connectivity index (χ0) is 14.3. The molecule has 102 valence electrons. The van der Waals surface area contributed by atoms with Crippen LogP contribution in [0, 0.1) is 0 Å². The van der Waals surface area contributed by atoms with Crippen molar-refractivity contribution in [2.24, 2.45) is 7.05 Å². The molecule has 2 aromatic carbocycles. The van der Waals surface area contributed by atoms with E-state index in [0.717, 1.165) is 0 Å².